The van der Waals surface area contributed by atoms with Gasteiger partial charge in [0, 0.05) is 23.9 Å². The average Bonchev–Trinajstić information content (AvgIpc) is 3.15. The standard InChI is InChI=1S/C20H19FN2O2S/c1-25-18-9-4-15(5-10-18)20-23-17(13-26-20)8-11-19(24)22-12-14-2-6-16(21)7-3-14/h2-7,9-10,13H,8,11-12H2,1H3,(H,22,24). The van der Waals surface area contributed by atoms with E-state index in [0.717, 1.165) is 27.6 Å². The molecule has 6 heteroatoms. The number of carbonyl (C=O) groups is 1. The van der Waals surface area contributed by atoms with Crippen molar-refractivity contribution in [3.8, 4) is 16.3 Å². The van der Waals surface area contributed by atoms with E-state index in [0.29, 0.717) is 19.4 Å². The number of carbonyl (C=O) groups excluding carboxylic acids is 1. The number of aromatic nitrogens is 1. The second kappa shape index (κ2) is 8.58. The minimum absolute atomic E-state index is 0.0478. The molecule has 134 valence electrons. The van der Waals surface area contributed by atoms with Gasteiger partial charge in [0.15, 0.2) is 0 Å². The number of hydrogen-bond donors (Lipinski definition) is 1. The summed E-state index contributed by atoms with van der Waals surface area (Å²) in [7, 11) is 1.64. The van der Waals surface area contributed by atoms with Gasteiger partial charge in [-0.05, 0) is 48.4 Å². The monoisotopic (exact) mass is 370 g/mol. The first-order chi connectivity index (χ1) is 12.6. The fourth-order valence-corrected chi connectivity index (χ4v) is 3.28. The molecule has 0 unspecified atom stereocenters. The zero-order valence-electron chi connectivity index (χ0n) is 14.4. The molecule has 4 nitrogen and oxygen atoms in total. The first-order valence-corrected chi connectivity index (χ1v) is 9.12. The number of ether oxygens (including phenoxy) is 1. The van der Waals surface area contributed by atoms with E-state index in [1.54, 1.807) is 30.6 Å². The Morgan fingerprint density at radius 3 is 2.58 bits per heavy atom. The van der Waals surface area contributed by atoms with Crippen molar-refractivity contribution in [2.24, 2.45) is 0 Å². The van der Waals surface area contributed by atoms with E-state index in [4.69, 9.17) is 4.74 Å². The predicted octanol–water partition coefficient (Wildman–Crippen LogP) is 4.21. The highest BCUT2D eigenvalue weighted by Gasteiger charge is 2.08. The first-order valence-electron chi connectivity index (χ1n) is 8.24. The van der Waals surface area contributed by atoms with Crippen LogP contribution in [0.1, 0.15) is 17.7 Å². The maximum Gasteiger partial charge on any atom is 0.220 e. The summed E-state index contributed by atoms with van der Waals surface area (Å²) in [5.41, 5.74) is 2.80. The molecule has 0 bridgehead atoms. The number of nitrogens with zero attached hydrogens (tertiary/aromatic N) is 1. The molecule has 1 amide bonds. The van der Waals surface area contributed by atoms with Crippen LogP contribution in [0, 0.1) is 5.82 Å². The number of methoxy groups -OCH3 is 1. The highest BCUT2D eigenvalue weighted by molar-refractivity contribution is 7.13. The molecule has 0 aliphatic carbocycles. The van der Waals surface area contributed by atoms with Crippen LogP contribution in [-0.4, -0.2) is 18.0 Å². The SMILES string of the molecule is COc1ccc(-c2nc(CCC(=O)NCc3ccc(F)cc3)cs2)cc1. The lowest BCUT2D eigenvalue weighted by molar-refractivity contribution is -0.121. The van der Waals surface area contributed by atoms with Crippen molar-refractivity contribution in [1.82, 2.24) is 10.3 Å². The van der Waals surface area contributed by atoms with Gasteiger partial charge in [0.05, 0.1) is 12.8 Å². The Hall–Kier alpha value is -2.73. The van der Waals surface area contributed by atoms with E-state index in [1.807, 2.05) is 29.6 Å². The highest BCUT2D eigenvalue weighted by Crippen LogP contribution is 2.26. The van der Waals surface area contributed by atoms with Crippen molar-refractivity contribution < 1.29 is 13.9 Å². The van der Waals surface area contributed by atoms with E-state index in [-0.39, 0.29) is 11.7 Å². The van der Waals surface area contributed by atoms with Crippen molar-refractivity contribution in [3.05, 3.63) is 71.0 Å². The van der Waals surface area contributed by atoms with Gasteiger partial charge in [-0.15, -0.1) is 11.3 Å². The van der Waals surface area contributed by atoms with Gasteiger partial charge in [-0.1, -0.05) is 12.1 Å². The summed E-state index contributed by atoms with van der Waals surface area (Å²) in [6.07, 6.45) is 0.953. The number of thiazole rings is 1. The van der Waals surface area contributed by atoms with Crippen LogP contribution in [0.5, 0.6) is 5.75 Å². The van der Waals surface area contributed by atoms with Crippen LogP contribution in [0.15, 0.2) is 53.9 Å². The maximum atomic E-state index is 12.9. The number of rotatable bonds is 7. The minimum Gasteiger partial charge on any atom is -0.497 e. The first kappa shape index (κ1) is 18.1. The van der Waals surface area contributed by atoms with Crippen LogP contribution in [0.25, 0.3) is 10.6 Å². The minimum atomic E-state index is -0.281. The zero-order valence-corrected chi connectivity index (χ0v) is 15.2. The summed E-state index contributed by atoms with van der Waals surface area (Å²) < 4.78 is 18.0. The normalized spacial score (nSPS) is 10.5. The molecule has 0 radical (unpaired) electrons. The van der Waals surface area contributed by atoms with Crippen molar-refractivity contribution in [1.29, 1.82) is 0 Å². The van der Waals surface area contributed by atoms with Crippen LogP contribution < -0.4 is 10.1 Å². The molecule has 1 aromatic heterocycles. The van der Waals surface area contributed by atoms with Gasteiger partial charge in [0.2, 0.25) is 5.91 Å². The number of nitrogens with one attached hydrogen (secondary N) is 1. The number of amides is 1. The number of hydrogen-bond acceptors (Lipinski definition) is 4. The molecule has 0 fully saturated rings. The summed E-state index contributed by atoms with van der Waals surface area (Å²) in [5.74, 6) is 0.480. The topological polar surface area (TPSA) is 51.2 Å². The Bertz CT molecular complexity index is 860. The van der Waals surface area contributed by atoms with E-state index < -0.39 is 0 Å². The lowest BCUT2D eigenvalue weighted by Crippen LogP contribution is -2.23. The third-order valence-electron chi connectivity index (χ3n) is 3.90. The second-order valence-corrected chi connectivity index (χ2v) is 6.63. The molecule has 3 rings (SSSR count). The molecule has 2 aromatic carbocycles. The average molecular weight is 370 g/mol. The lowest BCUT2D eigenvalue weighted by Gasteiger charge is -2.04. The van der Waals surface area contributed by atoms with Crippen LogP contribution in [0.4, 0.5) is 4.39 Å². The predicted molar refractivity (Wildman–Crippen MR) is 101 cm³/mol. The molecule has 0 saturated carbocycles. The van der Waals surface area contributed by atoms with E-state index in [9.17, 15) is 9.18 Å². The number of halogens is 1. The summed E-state index contributed by atoms with van der Waals surface area (Å²) in [4.78, 5) is 16.6. The van der Waals surface area contributed by atoms with Crippen LogP contribution in [-0.2, 0) is 17.8 Å². The quantitative estimate of drug-likeness (QED) is 0.678. The summed E-state index contributed by atoms with van der Waals surface area (Å²) in [5, 5.41) is 5.74. The molecule has 0 aliphatic heterocycles. The molecule has 0 spiro atoms. The molecule has 0 saturated heterocycles. The Balaban J connectivity index is 1.49. The van der Waals surface area contributed by atoms with Gasteiger partial charge in [-0.25, -0.2) is 9.37 Å². The van der Waals surface area contributed by atoms with Gasteiger partial charge < -0.3 is 10.1 Å². The van der Waals surface area contributed by atoms with Crippen molar-refractivity contribution in [2.45, 2.75) is 19.4 Å². The third kappa shape index (κ3) is 4.89. The van der Waals surface area contributed by atoms with Crippen LogP contribution >= 0.6 is 11.3 Å². The number of aryl methyl sites for hydroxylation is 1. The lowest BCUT2D eigenvalue weighted by atomic mass is 10.2. The summed E-state index contributed by atoms with van der Waals surface area (Å²) in [6.45, 7) is 0.396. The Morgan fingerprint density at radius 1 is 1.15 bits per heavy atom. The molecule has 3 aromatic rings. The molecular weight excluding hydrogens is 351 g/mol. The second-order valence-electron chi connectivity index (χ2n) is 5.78. The summed E-state index contributed by atoms with van der Waals surface area (Å²) in [6, 6.07) is 13.8. The van der Waals surface area contributed by atoms with E-state index in [1.165, 1.54) is 12.1 Å². The Kier molecular flexibility index (Phi) is 5.96. The third-order valence-corrected chi connectivity index (χ3v) is 4.84. The fourth-order valence-electron chi connectivity index (χ4n) is 2.42. The van der Waals surface area contributed by atoms with Crippen molar-refractivity contribution in [3.63, 3.8) is 0 Å². The highest BCUT2D eigenvalue weighted by atomic mass is 32.1. The van der Waals surface area contributed by atoms with Gasteiger partial charge in [-0.3, -0.25) is 4.79 Å². The molecule has 1 heterocycles. The molecule has 1 N–H and O–H groups in total. The smallest absolute Gasteiger partial charge is 0.220 e. The summed E-state index contributed by atoms with van der Waals surface area (Å²) >= 11 is 1.56. The van der Waals surface area contributed by atoms with Gasteiger partial charge in [-0.2, -0.15) is 0 Å². The van der Waals surface area contributed by atoms with Crippen molar-refractivity contribution >= 4 is 17.2 Å². The van der Waals surface area contributed by atoms with Crippen LogP contribution in [0.2, 0.25) is 0 Å². The molecular formula is C20H19FN2O2S. The van der Waals surface area contributed by atoms with E-state index >= 15 is 0 Å². The number of benzene rings is 2. The Labute approximate surface area is 155 Å². The van der Waals surface area contributed by atoms with Gasteiger partial charge in [0.25, 0.3) is 0 Å². The molecule has 0 atom stereocenters. The van der Waals surface area contributed by atoms with E-state index in [2.05, 4.69) is 10.3 Å². The van der Waals surface area contributed by atoms with Crippen LogP contribution in [0.3, 0.4) is 0 Å². The Morgan fingerprint density at radius 2 is 1.88 bits per heavy atom. The zero-order chi connectivity index (χ0) is 18.4. The van der Waals surface area contributed by atoms with Gasteiger partial charge in [0.1, 0.15) is 16.6 Å². The maximum absolute atomic E-state index is 12.9. The fraction of sp³-hybridized carbons (Fsp3) is 0.200. The molecule has 26 heavy (non-hydrogen) atoms. The van der Waals surface area contributed by atoms with Gasteiger partial charge >= 0.3 is 0 Å². The largest absolute Gasteiger partial charge is 0.497 e. The van der Waals surface area contributed by atoms with Crippen molar-refractivity contribution in [2.75, 3.05) is 7.11 Å². The molecule has 0 aliphatic rings.